The molecule has 3 N–H and O–H groups in total. The minimum Gasteiger partial charge on any atom is -0.448 e. The van der Waals surface area contributed by atoms with Crippen LogP contribution >= 0.6 is 15.9 Å². The number of nitrogens with two attached hydrogens (primary N) is 1. The van der Waals surface area contributed by atoms with Gasteiger partial charge in [0.25, 0.3) is 5.91 Å². The number of hydrogen-bond donors (Lipinski definition) is 2. The predicted octanol–water partition coefficient (Wildman–Crippen LogP) is 0.669. The Kier molecular flexibility index (Phi) is 4.71. The Balaban J connectivity index is 2.38. The Morgan fingerprint density at radius 2 is 2.25 bits per heavy atom. The Morgan fingerprint density at radius 1 is 1.50 bits per heavy atom. The number of ether oxygens (including phenoxy) is 1. The first-order valence-electron chi connectivity index (χ1n) is 4.40. The number of nitrogens with zero attached hydrogens (tertiary/aromatic N) is 1. The summed E-state index contributed by atoms with van der Waals surface area (Å²) in [6.45, 7) is 0.247. The van der Waals surface area contributed by atoms with Crippen molar-refractivity contribution in [2.45, 2.75) is 0 Å². The molecule has 7 heteroatoms. The molecule has 2 amide bonds. The number of aromatic nitrogens is 1. The summed E-state index contributed by atoms with van der Waals surface area (Å²) in [6, 6.07) is 1.64. The van der Waals surface area contributed by atoms with Gasteiger partial charge in [0.05, 0.1) is 12.1 Å². The van der Waals surface area contributed by atoms with Crippen LogP contribution in [0.5, 0.6) is 0 Å². The third-order valence-electron chi connectivity index (χ3n) is 1.60. The lowest BCUT2D eigenvalue weighted by molar-refractivity contribution is 0.0936. The summed E-state index contributed by atoms with van der Waals surface area (Å²) in [5, 5.41) is 2.55. The predicted molar refractivity (Wildman–Crippen MR) is 59.8 cm³/mol. The minimum atomic E-state index is -0.863. The van der Waals surface area contributed by atoms with Gasteiger partial charge in [0.1, 0.15) is 6.61 Å². The fourth-order valence-electron chi connectivity index (χ4n) is 0.954. The summed E-state index contributed by atoms with van der Waals surface area (Å²) in [4.78, 5) is 25.6. The molecular formula is C9H10BrN3O3. The van der Waals surface area contributed by atoms with Crippen LogP contribution in [0.2, 0.25) is 0 Å². The van der Waals surface area contributed by atoms with Gasteiger partial charge in [0, 0.05) is 16.9 Å². The first-order valence-corrected chi connectivity index (χ1v) is 5.20. The van der Waals surface area contributed by atoms with Crippen molar-refractivity contribution in [2.24, 2.45) is 5.73 Å². The summed E-state index contributed by atoms with van der Waals surface area (Å²) in [6.07, 6.45) is 2.15. The zero-order chi connectivity index (χ0) is 12.0. The summed E-state index contributed by atoms with van der Waals surface area (Å²) in [5.74, 6) is -0.290. The summed E-state index contributed by atoms with van der Waals surface area (Å²) in [5.41, 5.74) is 5.17. The molecular weight excluding hydrogens is 278 g/mol. The molecule has 16 heavy (non-hydrogen) atoms. The Labute approximate surface area is 100 Å². The van der Waals surface area contributed by atoms with Crippen LogP contribution in [0.3, 0.4) is 0 Å². The van der Waals surface area contributed by atoms with Crippen LogP contribution in [0.25, 0.3) is 0 Å². The fourth-order valence-corrected chi connectivity index (χ4v) is 1.32. The summed E-state index contributed by atoms with van der Waals surface area (Å²) in [7, 11) is 0. The van der Waals surface area contributed by atoms with Crippen molar-refractivity contribution in [3.63, 3.8) is 0 Å². The maximum absolute atomic E-state index is 11.5. The van der Waals surface area contributed by atoms with E-state index in [2.05, 4.69) is 31.0 Å². The maximum atomic E-state index is 11.5. The average Bonchev–Trinajstić information content (AvgIpc) is 2.24. The van der Waals surface area contributed by atoms with Crippen molar-refractivity contribution >= 4 is 27.9 Å². The van der Waals surface area contributed by atoms with E-state index in [0.29, 0.717) is 10.0 Å². The van der Waals surface area contributed by atoms with Crippen molar-refractivity contribution in [3.8, 4) is 0 Å². The maximum Gasteiger partial charge on any atom is 0.404 e. The summed E-state index contributed by atoms with van der Waals surface area (Å²) < 4.78 is 5.17. The van der Waals surface area contributed by atoms with Crippen molar-refractivity contribution in [2.75, 3.05) is 13.2 Å². The number of pyridine rings is 1. The van der Waals surface area contributed by atoms with E-state index in [9.17, 15) is 9.59 Å². The van der Waals surface area contributed by atoms with E-state index < -0.39 is 6.09 Å². The number of nitrogens with one attached hydrogen (secondary N) is 1. The molecule has 0 aliphatic carbocycles. The molecule has 1 heterocycles. The lowest BCUT2D eigenvalue weighted by atomic mass is 10.3. The molecule has 0 aromatic carbocycles. The van der Waals surface area contributed by atoms with E-state index in [-0.39, 0.29) is 19.1 Å². The fraction of sp³-hybridized carbons (Fsp3) is 0.222. The Hall–Kier alpha value is -1.63. The second-order valence-electron chi connectivity index (χ2n) is 2.82. The van der Waals surface area contributed by atoms with Gasteiger partial charge < -0.3 is 15.8 Å². The molecule has 0 spiro atoms. The smallest absolute Gasteiger partial charge is 0.404 e. The number of rotatable bonds is 4. The van der Waals surface area contributed by atoms with Crippen LogP contribution in [-0.2, 0) is 4.74 Å². The Morgan fingerprint density at radius 3 is 2.88 bits per heavy atom. The third-order valence-corrected chi connectivity index (χ3v) is 2.03. The van der Waals surface area contributed by atoms with Gasteiger partial charge in [-0.15, -0.1) is 0 Å². The molecule has 0 aliphatic rings. The number of primary amides is 1. The standard InChI is InChI=1S/C9H10BrN3O3/c10-7-3-6(4-12-5-7)8(14)13-1-2-16-9(11)15/h3-5H,1-2H2,(H2,11,15)(H,13,14). The molecule has 0 radical (unpaired) electrons. The molecule has 1 rings (SSSR count). The quantitative estimate of drug-likeness (QED) is 0.796. The van der Waals surface area contributed by atoms with Gasteiger partial charge >= 0.3 is 6.09 Å². The van der Waals surface area contributed by atoms with Gasteiger partial charge in [-0.05, 0) is 22.0 Å². The van der Waals surface area contributed by atoms with Gasteiger partial charge in [-0.1, -0.05) is 0 Å². The second-order valence-corrected chi connectivity index (χ2v) is 3.73. The molecule has 86 valence electrons. The zero-order valence-electron chi connectivity index (χ0n) is 8.27. The van der Waals surface area contributed by atoms with Gasteiger partial charge in [0.15, 0.2) is 0 Å². The first-order chi connectivity index (χ1) is 7.59. The normalized spacial score (nSPS) is 9.56. The van der Waals surface area contributed by atoms with Gasteiger partial charge in [-0.25, -0.2) is 4.79 Å². The van der Waals surface area contributed by atoms with Crippen molar-refractivity contribution in [3.05, 3.63) is 28.5 Å². The summed E-state index contributed by atoms with van der Waals surface area (Å²) >= 11 is 3.20. The van der Waals surface area contributed by atoms with E-state index in [1.807, 2.05) is 0 Å². The van der Waals surface area contributed by atoms with Crippen LogP contribution in [0, 0.1) is 0 Å². The van der Waals surface area contributed by atoms with Crippen LogP contribution in [0.4, 0.5) is 4.79 Å². The second kappa shape index (κ2) is 6.06. The molecule has 1 aromatic rings. The highest BCUT2D eigenvalue weighted by atomic mass is 79.9. The SMILES string of the molecule is NC(=O)OCCNC(=O)c1cncc(Br)c1. The number of amides is 2. The molecule has 1 aromatic heterocycles. The van der Waals surface area contributed by atoms with E-state index >= 15 is 0 Å². The van der Waals surface area contributed by atoms with Crippen molar-refractivity contribution in [1.29, 1.82) is 0 Å². The molecule has 0 unspecified atom stereocenters. The highest BCUT2D eigenvalue weighted by Crippen LogP contribution is 2.08. The van der Waals surface area contributed by atoms with E-state index in [1.54, 1.807) is 12.3 Å². The lowest BCUT2D eigenvalue weighted by Gasteiger charge is -2.04. The number of halogens is 1. The first kappa shape index (κ1) is 12.4. The molecule has 6 nitrogen and oxygen atoms in total. The average molecular weight is 288 g/mol. The highest BCUT2D eigenvalue weighted by molar-refractivity contribution is 9.10. The molecule has 0 fully saturated rings. The van der Waals surface area contributed by atoms with E-state index in [0.717, 1.165) is 0 Å². The van der Waals surface area contributed by atoms with E-state index in [4.69, 9.17) is 5.73 Å². The Bertz CT molecular complexity index is 397. The van der Waals surface area contributed by atoms with Crippen molar-refractivity contribution < 1.29 is 14.3 Å². The van der Waals surface area contributed by atoms with Crippen LogP contribution < -0.4 is 11.1 Å². The zero-order valence-corrected chi connectivity index (χ0v) is 9.86. The largest absolute Gasteiger partial charge is 0.448 e. The lowest BCUT2D eigenvalue weighted by Crippen LogP contribution is -2.29. The van der Waals surface area contributed by atoms with Crippen LogP contribution in [-0.4, -0.2) is 30.1 Å². The van der Waals surface area contributed by atoms with Crippen LogP contribution in [0.15, 0.2) is 22.9 Å². The van der Waals surface area contributed by atoms with Crippen molar-refractivity contribution in [1.82, 2.24) is 10.3 Å². The number of hydrogen-bond acceptors (Lipinski definition) is 4. The third kappa shape index (κ3) is 4.26. The number of carbonyl (C=O) groups is 2. The monoisotopic (exact) mass is 287 g/mol. The van der Waals surface area contributed by atoms with E-state index in [1.165, 1.54) is 6.20 Å². The van der Waals surface area contributed by atoms with Gasteiger partial charge in [-0.2, -0.15) is 0 Å². The molecule has 0 saturated carbocycles. The minimum absolute atomic E-state index is 0.0442. The molecule has 0 aliphatic heterocycles. The molecule has 0 bridgehead atoms. The number of carbonyl (C=O) groups excluding carboxylic acids is 2. The van der Waals surface area contributed by atoms with Gasteiger partial charge in [0.2, 0.25) is 0 Å². The van der Waals surface area contributed by atoms with Gasteiger partial charge in [-0.3, -0.25) is 9.78 Å². The molecule has 0 saturated heterocycles. The van der Waals surface area contributed by atoms with Crippen LogP contribution in [0.1, 0.15) is 10.4 Å². The topological polar surface area (TPSA) is 94.3 Å². The molecule has 0 atom stereocenters. The highest BCUT2D eigenvalue weighted by Gasteiger charge is 2.05.